The Hall–Kier alpha value is -1.11. The molecule has 0 saturated carbocycles. The van der Waals surface area contributed by atoms with E-state index < -0.39 is 4.92 Å². The zero-order valence-corrected chi connectivity index (χ0v) is 8.16. The highest BCUT2D eigenvalue weighted by atomic mass is 32.2. The third-order valence-electron chi connectivity index (χ3n) is 1.46. The number of nitrogens with one attached hydrogen (secondary N) is 1. The van der Waals surface area contributed by atoms with Crippen molar-refractivity contribution in [3.8, 4) is 0 Å². The number of rotatable bonds is 5. The molecule has 1 rings (SSSR count). The number of hydrogen-bond donors (Lipinski definition) is 2. The van der Waals surface area contributed by atoms with Crippen LogP contribution >= 0.6 is 11.9 Å². The molecule has 0 radical (unpaired) electrons. The van der Waals surface area contributed by atoms with Crippen molar-refractivity contribution in [2.45, 2.75) is 4.90 Å². The van der Waals surface area contributed by atoms with Crippen LogP contribution in [0.2, 0.25) is 0 Å². The molecule has 0 spiro atoms. The van der Waals surface area contributed by atoms with E-state index in [1.165, 1.54) is 6.07 Å². The SMILES string of the molecule is O=[N+]([O-])c1ccccc1SNCCO. The summed E-state index contributed by atoms with van der Waals surface area (Å²) in [7, 11) is 0. The Labute approximate surface area is 85.4 Å². The topological polar surface area (TPSA) is 75.4 Å². The van der Waals surface area contributed by atoms with Crippen LogP contribution in [0.25, 0.3) is 0 Å². The Morgan fingerprint density at radius 3 is 2.86 bits per heavy atom. The minimum atomic E-state index is -0.428. The number of hydrogen-bond acceptors (Lipinski definition) is 5. The zero-order valence-electron chi connectivity index (χ0n) is 7.34. The molecule has 6 heteroatoms. The number of benzene rings is 1. The molecule has 0 fully saturated rings. The van der Waals surface area contributed by atoms with E-state index in [-0.39, 0.29) is 12.3 Å². The van der Waals surface area contributed by atoms with Crippen LogP contribution in [-0.2, 0) is 0 Å². The van der Waals surface area contributed by atoms with Crippen molar-refractivity contribution in [3.63, 3.8) is 0 Å². The number of para-hydroxylation sites is 1. The summed E-state index contributed by atoms with van der Waals surface area (Å²) < 4.78 is 2.81. The molecule has 0 aliphatic rings. The van der Waals surface area contributed by atoms with Crippen LogP contribution in [0.1, 0.15) is 0 Å². The number of nitrogens with zero attached hydrogens (tertiary/aromatic N) is 1. The number of aliphatic hydroxyl groups is 1. The quantitative estimate of drug-likeness (QED) is 0.333. The first-order chi connectivity index (χ1) is 6.75. The molecule has 5 nitrogen and oxygen atoms in total. The van der Waals surface area contributed by atoms with Crippen LogP contribution in [0.5, 0.6) is 0 Å². The van der Waals surface area contributed by atoms with Crippen LogP contribution in [-0.4, -0.2) is 23.2 Å². The first kappa shape index (κ1) is 11.0. The van der Waals surface area contributed by atoms with E-state index in [1.54, 1.807) is 18.2 Å². The molecule has 2 N–H and O–H groups in total. The van der Waals surface area contributed by atoms with Gasteiger partial charge < -0.3 is 5.11 Å². The van der Waals surface area contributed by atoms with Gasteiger partial charge in [-0.25, -0.2) is 0 Å². The van der Waals surface area contributed by atoms with Gasteiger partial charge in [0.05, 0.1) is 11.5 Å². The van der Waals surface area contributed by atoms with Gasteiger partial charge in [0.1, 0.15) is 4.90 Å². The highest BCUT2D eigenvalue weighted by Gasteiger charge is 2.11. The fourth-order valence-electron chi connectivity index (χ4n) is 0.869. The average Bonchev–Trinajstić information content (AvgIpc) is 2.19. The Kier molecular flexibility index (Phi) is 4.37. The number of nitro benzene ring substituents is 1. The number of nitro groups is 1. The normalized spacial score (nSPS) is 10.1. The van der Waals surface area contributed by atoms with Gasteiger partial charge in [0.15, 0.2) is 0 Å². The second kappa shape index (κ2) is 5.58. The molecule has 0 unspecified atom stereocenters. The minimum Gasteiger partial charge on any atom is -0.395 e. The van der Waals surface area contributed by atoms with Gasteiger partial charge in [0.25, 0.3) is 5.69 Å². The van der Waals surface area contributed by atoms with Gasteiger partial charge in [0, 0.05) is 12.6 Å². The Bertz CT molecular complexity index is 319. The van der Waals surface area contributed by atoms with Gasteiger partial charge >= 0.3 is 0 Å². The molecule has 76 valence electrons. The van der Waals surface area contributed by atoms with Crippen molar-refractivity contribution in [2.24, 2.45) is 0 Å². The molecular weight excluding hydrogens is 204 g/mol. The molecule has 0 atom stereocenters. The van der Waals surface area contributed by atoms with E-state index >= 15 is 0 Å². The summed E-state index contributed by atoms with van der Waals surface area (Å²) in [5.74, 6) is 0. The first-order valence-electron chi connectivity index (χ1n) is 3.99. The Morgan fingerprint density at radius 2 is 2.21 bits per heavy atom. The molecule has 0 bridgehead atoms. The van der Waals surface area contributed by atoms with Crippen LogP contribution in [0, 0.1) is 10.1 Å². The maximum Gasteiger partial charge on any atom is 0.284 e. The van der Waals surface area contributed by atoms with Crippen molar-refractivity contribution in [1.82, 2.24) is 4.72 Å². The highest BCUT2D eigenvalue weighted by Crippen LogP contribution is 2.25. The molecule has 0 amide bonds. The average molecular weight is 214 g/mol. The summed E-state index contributed by atoms with van der Waals surface area (Å²) in [4.78, 5) is 10.7. The summed E-state index contributed by atoms with van der Waals surface area (Å²) >= 11 is 1.15. The van der Waals surface area contributed by atoms with E-state index in [0.29, 0.717) is 11.4 Å². The molecule has 14 heavy (non-hydrogen) atoms. The van der Waals surface area contributed by atoms with E-state index in [1.807, 2.05) is 0 Å². The third-order valence-corrected chi connectivity index (χ3v) is 2.37. The summed E-state index contributed by atoms with van der Waals surface area (Å²) in [5.41, 5.74) is 0.0722. The van der Waals surface area contributed by atoms with Crippen molar-refractivity contribution in [3.05, 3.63) is 34.4 Å². The van der Waals surface area contributed by atoms with Crippen molar-refractivity contribution >= 4 is 17.6 Å². The van der Waals surface area contributed by atoms with Crippen LogP contribution < -0.4 is 4.72 Å². The van der Waals surface area contributed by atoms with Crippen LogP contribution in [0.4, 0.5) is 5.69 Å². The largest absolute Gasteiger partial charge is 0.395 e. The minimum absolute atomic E-state index is 0.00757. The van der Waals surface area contributed by atoms with Crippen molar-refractivity contribution in [1.29, 1.82) is 0 Å². The zero-order chi connectivity index (χ0) is 10.4. The molecule has 1 aromatic carbocycles. The highest BCUT2D eigenvalue weighted by molar-refractivity contribution is 7.97. The van der Waals surface area contributed by atoms with Gasteiger partial charge in [0.2, 0.25) is 0 Å². The number of aliphatic hydroxyl groups excluding tert-OH is 1. The maximum absolute atomic E-state index is 10.6. The lowest BCUT2D eigenvalue weighted by Crippen LogP contribution is -2.09. The van der Waals surface area contributed by atoms with Gasteiger partial charge in [-0.2, -0.15) is 0 Å². The summed E-state index contributed by atoms with van der Waals surface area (Å²) in [6, 6.07) is 6.46. The standard InChI is InChI=1S/C8H10N2O3S/c11-6-5-9-14-8-4-2-1-3-7(8)10(12)13/h1-4,9,11H,5-6H2. The molecule has 1 aromatic rings. The molecular formula is C8H10N2O3S. The molecule has 0 aromatic heterocycles. The van der Waals surface area contributed by atoms with Crippen molar-refractivity contribution in [2.75, 3.05) is 13.2 Å². The van der Waals surface area contributed by atoms with Crippen LogP contribution in [0.3, 0.4) is 0 Å². The first-order valence-corrected chi connectivity index (χ1v) is 4.81. The maximum atomic E-state index is 10.6. The molecule has 0 aliphatic heterocycles. The summed E-state index contributed by atoms with van der Waals surface area (Å²) in [5, 5.41) is 19.1. The summed E-state index contributed by atoms with van der Waals surface area (Å²) in [6.07, 6.45) is 0. The van der Waals surface area contributed by atoms with Gasteiger partial charge in [-0.3, -0.25) is 14.8 Å². The lowest BCUT2D eigenvalue weighted by atomic mass is 10.3. The van der Waals surface area contributed by atoms with E-state index in [2.05, 4.69) is 4.72 Å². The molecule has 0 saturated heterocycles. The Balaban J connectivity index is 2.69. The predicted molar refractivity (Wildman–Crippen MR) is 54.0 cm³/mol. The fourth-order valence-corrected chi connectivity index (χ4v) is 1.61. The Morgan fingerprint density at radius 1 is 1.50 bits per heavy atom. The lowest BCUT2D eigenvalue weighted by Gasteiger charge is -2.02. The lowest BCUT2D eigenvalue weighted by molar-refractivity contribution is -0.387. The molecule has 0 aliphatic carbocycles. The van der Waals surface area contributed by atoms with E-state index in [0.717, 1.165) is 11.9 Å². The van der Waals surface area contributed by atoms with E-state index in [9.17, 15) is 10.1 Å². The second-order valence-electron chi connectivity index (χ2n) is 2.44. The predicted octanol–water partition coefficient (Wildman–Crippen LogP) is 1.18. The van der Waals surface area contributed by atoms with Crippen LogP contribution in [0.15, 0.2) is 29.2 Å². The van der Waals surface area contributed by atoms with E-state index in [4.69, 9.17) is 5.11 Å². The second-order valence-corrected chi connectivity index (χ2v) is 3.38. The van der Waals surface area contributed by atoms with Gasteiger partial charge in [-0.05, 0) is 18.0 Å². The third kappa shape index (κ3) is 2.99. The summed E-state index contributed by atoms with van der Waals surface area (Å²) in [6.45, 7) is 0.407. The molecule has 0 heterocycles. The van der Waals surface area contributed by atoms with Gasteiger partial charge in [-0.15, -0.1) is 0 Å². The van der Waals surface area contributed by atoms with Crippen molar-refractivity contribution < 1.29 is 10.0 Å². The monoisotopic (exact) mass is 214 g/mol. The smallest absolute Gasteiger partial charge is 0.284 e. The van der Waals surface area contributed by atoms with Gasteiger partial charge in [-0.1, -0.05) is 12.1 Å². The fraction of sp³-hybridized carbons (Fsp3) is 0.250.